The Hall–Kier alpha value is -1.88. The number of benzene rings is 3. The van der Waals surface area contributed by atoms with E-state index < -0.39 is 5.91 Å². The lowest BCUT2D eigenvalue weighted by atomic mass is 10.2. The normalized spacial score (nSPS) is 10.4. The fourth-order valence-corrected chi connectivity index (χ4v) is 4.03. The van der Waals surface area contributed by atoms with Gasteiger partial charge >= 0.3 is 0 Å². The Balaban J connectivity index is 1.71. The van der Waals surface area contributed by atoms with Gasteiger partial charge in [-0.2, -0.15) is 0 Å². The van der Waals surface area contributed by atoms with E-state index in [1.165, 1.54) is 24.3 Å². The molecule has 0 atom stereocenters. The number of carbonyl (C=O) groups is 1. The second-order valence-electron chi connectivity index (χ2n) is 5.32. The van der Waals surface area contributed by atoms with Gasteiger partial charge in [-0.15, -0.1) is 0 Å². The monoisotopic (exact) mass is 575 g/mol. The van der Waals surface area contributed by atoms with Crippen molar-refractivity contribution in [1.29, 1.82) is 0 Å². The van der Waals surface area contributed by atoms with E-state index in [2.05, 4.69) is 27.9 Å². The summed E-state index contributed by atoms with van der Waals surface area (Å²) in [5.41, 5.74) is 0.780. The summed E-state index contributed by atoms with van der Waals surface area (Å²) in [6, 6.07) is 15.9. The third-order valence-electron chi connectivity index (χ3n) is 3.43. The summed E-state index contributed by atoms with van der Waals surface area (Å²) in [4.78, 5) is 12.4. The fraction of sp³-hybridized carbons (Fsp3) is 0. The van der Waals surface area contributed by atoms with Crippen LogP contribution in [0.4, 0.5) is 10.1 Å². The van der Waals surface area contributed by atoms with Gasteiger partial charge in [0.15, 0.2) is 0 Å². The van der Waals surface area contributed by atoms with Crippen molar-refractivity contribution < 1.29 is 19.0 Å². The van der Waals surface area contributed by atoms with Crippen LogP contribution in [0, 0.1) is 13.0 Å². The number of hydrogen-bond donors (Lipinski definition) is 2. The van der Waals surface area contributed by atoms with E-state index in [1.54, 1.807) is 36.4 Å². The van der Waals surface area contributed by atoms with Crippen LogP contribution in [0.15, 0.2) is 60.7 Å². The molecule has 26 heavy (non-hydrogen) atoms. The number of phenolic OH excluding ortho intramolecular Hbond substituents is 1. The Labute approximate surface area is 176 Å². The Morgan fingerprint density at radius 3 is 2.15 bits per heavy atom. The van der Waals surface area contributed by atoms with Crippen LogP contribution in [0.5, 0.6) is 17.2 Å². The highest BCUT2D eigenvalue weighted by atomic mass is 127. The lowest BCUT2D eigenvalue weighted by Gasteiger charge is -2.10. The zero-order chi connectivity index (χ0) is 18.7. The highest BCUT2D eigenvalue weighted by molar-refractivity contribution is 14.1. The van der Waals surface area contributed by atoms with Gasteiger partial charge in [0, 0.05) is 9.26 Å². The number of nitrogens with one attached hydrogen (secondary N) is 1. The average molecular weight is 575 g/mol. The summed E-state index contributed by atoms with van der Waals surface area (Å²) in [6.45, 7) is 0. The maximum absolute atomic E-state index is 12.9. The van der Waals surface area contributed by atoms with Gasteiger partial charge in [0.2, 0.25) is 0 Å². The molecule has 0 spiro atoms. The first-order valence-electron chi connectivity index (χ1n) is 7.45. The molecular formula is C19H12FI2NO3. The molecule has 0 saturated heterocycles. The molecule has 4 nitrogen and oxygen atoms in total. The molecule has 7 heteroatoms. The number of anilines is 1. The number of ether oxygens (including phenoxy) is 1. The number of rotatable bonds is 4. The zero-order valence-electron chi connectivity index (χ0n) is 13.2. The number of halogens is 3. The van der Waals surface area contributed by atoms with Gasteiger partial charge in [0.25, 0.3) is 5.91 Å². The quantitative estimate of drug-likeness (QED) is 0.388. The number of phenols is 1. The van der Waals surface area contributed by atoms with E-state index in [0.29, 0.717) is 20.8 Å². The molecule has 3 aromatic rings. The van der Waals surface area contributed by atoms with Crippen molar-refractivity contribution in [3.63, 3.8) is 0 Å². The van der Waals surface area contributed by atoms with Crippen LogP contribution < -0.4 is 10.1 Å². The fourth-order valence-electron chi connectivity index (χ4n) is 2.18. The van der Waals surface area contributed by atoms with Crippen LogP contribution in [-0.2, 0) is 0 Å². The number of amides is 1. The molecule has 0 fully saturated rings. The van der Waals surface area contributed by atoms with Crippen molar-refractivity contribution in [2.75, 3.05) is 5.32 Å². The first kappa shape index (κ1) is 18.9. The van der Waals surface area contributed by atoms with Gasteiger partial charge in [-0.25, -0.2) is 4.39 Å². The minimum atomic E-state index is -0.397. The molecule has 1 amide bonds. The van der Waals surface area contributed by atoms with Crippen molar-refractivity contribution in [1.82, 2.24) is 0 Å². The molecule has 0 heterocycles. The maximum atomic E-state index is 12.9. The van der Waals surface area contributed by atoms with E-state index in [0.717, 1.165) is 3.57 Å². The molecule has 132 valence electrons. The van der Waals surface area contributed by atoms with Gasteiger partial charge in [0.05, 0.1) is 9.13 Å². The highest BCUT2D eigenvalue weighted by Crippen LogP contribution is 2.28. The van der Waals surface area contributed by atoms with Crippen molar-refractivity contribution in [2.24, 2.45) is 0 Å². The van der Waals surface area contributed by atoms with E-state index in [1.807, 2.05) is 22.6 Å². The predicted molar refractivity (Wildman–Crippen MR) is 114 cm³/mol. The van der Waals surface area contributed by atoms with Gasteiger partial charge < -0.3 is 15.2 Å². The van der Waals surface area contributed by atoms with Gasteiger partial charge in [-0.05, 0) is 106 Å². The number of carbonyl (C=O) groups excluding carboxylic acids is 1. The second-order valence-corrected chi connectivity index (χ2v) is 7.73. The molecule has 0 bridgehead atoms. The first-order valence-corrected chi connectivity index (χ1v) is 9.61. The average Bonchev–Trinajstić information content (AvgIpc) is 2.61. The second kappa shape index (κ2) is 8.21. The lowest BCUT2D eigenvalue weighted by Crippen LogP contribution is -2.12. The zero-order valence-corrected chi connectivity index (χ0v) is 17.5. The van der Waals surface area contributed by atoms with Crippen LogP contribution in [0.25, 0.3) is 0 Å². The van der Waals surface area contributed by atoms with Crippen LogP contribution in [0.1, 0.15) is 10.4 Å². The van der Waals surface area contributed by atoms with Crippen molar-refractivity contribution in [2.45, 2.75) is 0 Å². The summed E-state index contributed by atoms with van der Waals surface area (Å²) in [5, 5.41) is 12.8. The topological polar surface area (TPSA) is 58.6 Å². The molecule has 0 saturated carbocycles. The van der Waals surface area contributed by atoms with Crippen molar-refractivity contribution in [3.8, 4) is 17.2 Å². The SMILES string of the molecule is O=C(Nc1ccc(Oc2ccc(F)cc2)cc1)c1cc(I)cc(I)c1O. The Morgan fingerprint density at radius 1 is 0.962 bits per heavy atom. The van der Waals surface area contributed by atoms with E-state index in [-0.39, 0.29) is 17.1 Å². The van der Waals surface area contributed by atoms with E-state index in [4.69, 9.17) is 4.74 Å². The minimum Gasteiger partial charge on any atom is -0.506 e. The minimum absolute atomic E-state index is 0.0419. The summed E-state index contributed by atoms with van der Waals surface area (Å²) in [5.74, 6) is 0.303. The third kappa shape index (κ3) is 4.64. The molecule has 2 N–H and O–H groups in total. The van der Waals surface area contributed by atoms with Crippen LogP contribution in [0.3, 0.4) is 0 Å². The largest absolute Gasteiger partial charge is 0.506 e. The van der Waals surface area contributed by atoms with Crippen molar-refractivity contribution >= 4 is 56.8 Å². The Kier molecular flexibility index (Phi) is 5.97. The molecule has 0 unspecified atom stereocenters. The standard InChI is InChI=1S/C19H12FI2NO3/c20-11-1-5-14(6-2-11)26-15-7-3-13(4-8-15)23-19(25)16-9-12(21)10-17(22)18(16)24/h1-10,24H,(H,23,25). The molecule has 0 aliphatic rings. The summed E-state index contributed by atoms with van der Waals surface area (Å²) < 4.78 is 20.0. The number of aromatic hydroxyl groups is 1. The van der Waals surface area contributed by atoms with Gasteiger partial charge in [-0.1, -0.05) is 0 Å². The lowest BCUT2D eigenvalue weighted by molar-refractivity contribution is 0.102. The molecule has 0 aromatic heterocycles. The Bertz CT molecular complexity index is 944. The van der Waals surface area contributed by atoms with E-state index in [9.17, 15) is 14.3 Å². The van der Waals surface area contributed by atoms with Gasteiger partial charge in [-0.3, -0.25) is 4.79 Å². The number of hydrogen-bond acceptors (Lipinski definition) is 3. The molecule has 0 aliphatic carbocycles. The van der Waals surface area contributed by atoms with Gasteiger partial charge in [0.1, 0.15) is 23.1 Å². The molecule has 3 aromatic carbocycles. The van der Waals surface area contributed by atoms with Crippen LogP contribution >= 0.6 is 45.2 Å². The summed E-state index contributed by atoms with van der Waals surface area (Å²) >= 11 is 4.07. The van der Waals surface area contributed by atoms with Crippen LogP contribution in [0.2, 0.25) is 0 Å². The molecule has 0 aliphatic heterocycles. The van der Waals surface area contributed by atoms with Crippen molar-refractivity contribution in [3.05, 3.63) is 79.2 Å². The molecular weight excluding hydrogens is 563 g/mol. The smallest absolute Gasteiger partial charge is 0.259 e. The summed E-state index contributed by atoms with van der Waals surface area (Å²) in [6.07, 6.45) is 0. The van der Waals surface area contributed by atoms with Crippen LogP contribution in [-0.4, -0.2) is 11.0 Å². The predicted octanol–water partition coefficient (Wildman–Crippen LogP) is 5.79. The summed E-state index contributed by atoms with van der Waals surface area (Å²) in [7, 11) is 0. The Morgan fingerprint density at radius 2 is 1.54 bits per heavy atom. The molecule has 0 radical (unpaired) electrons. The maximum Gasteiger partial charge on any atom is 0.259 e. The molecule has 3 rings (SSSR count). The highest BCUT2D eigenvalue weighted by Gasteiger charge is 2.15. The first-order chi connectivity index (χ1) is 12.4. The third-order valence-corrected chi connectivity index (χ3v) is 4.88. The van der Waals surface area contributed by atoms with E-state index >= 15 is 0 Å².